The average molecular weight is 250 g/mol. The van der Waals surface area contributed by atoms with Crippen LogP contribution < -0.4 is 0 Å². The van der Waals surface area contributed by atoms with Gasteiger partial charge in [0.25, 0.3) is 0 Å². The molecule has 0 spiro atoms. The SMILES string of the molecule is CC1(C)CCC[C@@]2(C)[C@H]1CCC1(C)OC(=O)C[C@@H]12. The molecule has 0 aromatic carbocycles. The van der Waals surface area contributed by atoms with Gasteiger partial charge in [0.2, 0.25) is 0 Å². The van der Waals surface area contributed by atoms with Crippen LogP contribution in [0.3, 0.4) is 0 Å². The molecule has 2 saturated carbocycles. The first-order valence-electron chi connectivity index (χ1n) is 7.50. The molecule has 0 bridgehead atoms. The van der Waals surface area contributed by atoms with Gasteiger partial charge in [-0.2, -0.15) is 0 Å². The van der Waals surface area contributed by atoms with Gasteiger partial charge in [-0.1, -0.05) is 27.2 Å². The van der Waals surface area contributed by atoms with E-state index < -0.39 is 0 Å². The van der Waals surface area contributed by atoms with E-state index in [9.17, 15) is 4.79 Å². The summed E-state index contributed by atoms with van der Waals surface area (Å²) in [5.41, 5.74) is 0.566. The van der Waals surface area contributed by atoms with Crippen LogP contribution in [0.15, 0.2) is 0 Å². The van der Waals surface area contributed by atoms with E-state index in [1.54, 1.807) is 0 Å². The Kier molecular flexibility index (Phi) is 2.44. The third-order valence-corrected chi connectivity index (χ3v) is 6.46. The van der Waals surface area contributed by atoms with E-state index in [4.69, 9.17) is 4.74 Å². The van der Waals surface area contributed by atoms with Crippen molar-refractivity contribution in [1.82, 2.24) is 0 Å². The maximum atomic E-state index is 11.8. The van der Waals surface area contributed by atoms with Gasteiger partial charge in [0.05, 0.1) is 6.42 Å². The minimum Gasteiger partial charge on any atom is -0.459 e. The summed E-state index contributed by atoms with van der Waals surface area (Å²) in [7, 11) is 0. The fraction of sp³-hybridized carbons (Fsp3) is 0.938. The first-order valence-corrected chi connectivity index (χ1v) is 7.50. The van der Waals surface area contributed by atoms with Crippen LogP contribution in [0, 0.1) is 22.7 Å². The molecule has 0 N–H and O–H groups in total. The number of carbonyl (C=O) groups excluding carboxylic acids is 1. The lowest BCUT2D eigenvalue weighted by Gasteiger charge is -2.59. The summed E-state index contributed by atoms with van der Waals surface area (Å²) in [5, 5.41) is 0. The predicted octanol–water partition coefficient (Wildman–Crippen LogP) is 3.93. The van der Waals surface area contributed by atoms with E-state index in [1.165, 1.54) is 25.7 Å². The van der Waals surface area contributed by atoms with Crippen molar-refractivity contribution in [2.24, 2.45) is 22.7 Å². The van der Waals surface area contributed by atoms with Crippen molar-refractivity contribution < 1.29 is 9.53 Å². The quantitative estimate of drug-likeness (QED) is 0.609. The normalized spacial score (nSPS) is 50.3. The lowest BCUT2D eigenvalue weighted by molar-refractivity contribution is -0.164. The summed E-state index contributed by atoms with van der Waals surface area (Å²) in [6, 6.07) is 0. The van der Waals surface area contributed by atoms with E-state index in [2.05, 4.69) is 27.7 Å². The standard InChI is InChI=1S/C16H26O2/c1-14(2)7-5-8-15(3)11(14)6-9-16(4)12(15)10-13(17)18-16/h11-12H,5-10H2,1-4H3/t11-,12+,15-,16?/m0/s1. The Morgan fingerprint density at radius 3 is 2.50 bits per heavy atom. The maximum absolute atomic E-state index is 11.8. The molecule has 1 aliphatic heterocycles. The van der Waals surface area contributed by atoms with Crippen molar-refractivity contribution in [1.29, 1.82) is 0 Å². The predicted molar refractivity (Wildman–Crippen MR) is 71.1 cm³/mol. The number of hydrogen-bond donors (Lipinski definition) is 0. The molecular formula is C16H26O2. The zero-order valence-corrected chi connectivity index (χ0v) is 12.2. The number of hydrogen-bond acceptors (Lipinski definition) is 2. The second-order valence-corrected chi connectivity index (χ2v) is 7.98. The van der Waals surface area contributed by atoms with Crippen LogP contribution in [-0.2, 0) is 9.53 Å². The van der Waals surface area contributed by atoms with Gasteiger partial charge in [0, 0.05) is 5.92 Å². The molecule has 2 nitrogen and oxygen atoms in total. The molecule has 3 aliphatic rings. The molecule has 1 unspecified atom stereocenters. The highest BCUT2D eigenvalue weighted by molar-refractivity contribution is 5.73. The van der Waals surface area contributed by atoms with Gasteiger partial charge in [0.1, 0.15) is 5.60 Å². The van der Waals surface area contributed by atoms with Crippen molar-refractivity contribution in [2.45, 2.75) is 71.8 Å². The van der Waals surface area contributed by atoms with Crippen LogP contribution in [0.25, 0.3) is 0 Å². The summed E-state index contributed by atoms with van der Waals surface area (Å²) < 4.78 is 5.70. The Labute approximate surface area is 110 Å². The molecule has 3 fully saturated rings. The number of rotatable bonds is 0. The second-order valence-electron chi connectivity index (χ2n) is 7.98. The van der Waals surface area contributed by atoms with Gasteiger partial charge in [-0.25, -0.2) is 0 Å². The summed E-state index contributed by atoms with van der Waals surface area (Å²) in [4.78, 5) is 11.8. The molecular weight excluding hydrogens is 224 g/mol. The molecule has 0 radical (unpaired) electrons. The Morgan fingerprint density at radius 2 is 1.78 bits per heavy atom. The molecule has 1 heterocycles. The van der Waals surface area contributed by atoms with Crippen LogP contribution in [-0.4, -0.2) is 11.6 Å². The number of ether oxygens (including phenoxy) is 1. The molecule has 3 rings (SSSR count). The van der Waals surface area contributed by atoms with Crippen molar-refractivity contribution >= 4 is 5.97 Å². The lowest BCUT2D eigenvalue weighted by atomic mass is 9.45. The molecule has 1 saturated heterocycles. The van der Waals surface area contributed by atoms with Gasteiger partial charge in [-0.3, -0.25) is 4.79 Å². The highest BCUT2D eigenvalue weighted by Crippen LogP contribution is 2.64. The molecule has 2 heteroatoms. The van der Waals surface area contributed by atoms with Crippen LogP contribution in [0.4, 0.5) is 0 Å². The third-order valence-electron chi connectivity index (χ3n) is 6.46. The van der Waals surface area contributed by atoms with Crippen LogP contribution in [0.1, 0.15) is 66.2 Å². The second kappa shape index (κ2) is 3.52. The largest absolute Gasteiger partial charge is 0.459 e. The van der Waals surface area contributed by atoms with Crippen LogP contribution in [0.5, 0.6) is 0 Å². The van der Waals surface area contributed by atoms with Crippen molar-refractivity contribution in [3.05, 3.63) is 0 Å². The topological polar surface area (TPSA) is 26.3 Å². The van der Waals surface area contributed by atoms with E-state index in [1.807, 2.05) is 0 Å². The first kappa shape index (κ1) is 12.5. The van der Waals surface area contributed by atoms with Gasteiger partial charge in [-0.15, -0.1) is 0 Å². The van der Waals surface area contributed by atoms with E-state index in [-0.39, 0.29) is 11.6 Å². The van der Waals surface area contributed by atoms with Crippen LogP contribution >= 0.6 is 0 Å². The van der Waals surface area contributed by atoms with Crippen molar-refractivity contribution in [3.8, 4) is 0 Å². The molecule has 4 atom stereocenters. The van der Waals surface area contributed by atoms with Crippen molar-refractivity contribution in [3.63, 3.8) is 0 Å². The zero-order valence-electron chi connectivity index (χ0n) is 12.2. The van der Waals surface area contributed by atoms with Crippen LogP contribution in [0.2, 0.25) is 0 Å². The molecule has 0 aromatic heterocycles. The average Bonchev–Trinajstić information content (AvgIpc) is 2.53. The summed E-state index contributed by atoms with van der Waals surface area (Å²) in [5.74, 6) is 1.23. The third kappa shape index (κ3) is 1.50. The molecule has 18 heavy (non-hydrogen) atoms. The fourth-order valence-electron chi connectivity index (χ4n) is 5.65. The highest BCUT2D eigenvalue weighted by atomic mass is 16.6. The molecule has 0 aromatic rings. The van der Waals surface area contributed by atoms with E-state index in [0.717, 1.165) is 12.3 Å². The van der Waals surface area contributed by atoms with Gasteiger partial charge >= 0.3 is 5.97 Å². The van der Waals surface area contributed by atoms with Gasteiger partial charge in [0.15, 0.2) is 0 Å². The molecule has 2 aliphatic carbocycles. The summed E-state index contributed by atoms with van der Waals surface area (Å²) in [6.07, 6.45) is 6.86. The smallest absolute Gasteiger partial charge is 0.306 e. The minimum absolute atomic E-state index is 0.0350. The highest BCUT2D eigenvalue weighted by Gasteiger charge is 2.62. The van der Waals surface area contributed by atoms with E-state index >= 15 is 0 Å². The zero-order chi connectivity index (χ0) is 13.2. The summed E-state index contributed by atoms with van der Waals surface area (Å²) >= 11 is 0. The summed E-state index contributed by atoms with van der Waals surface area (Å²) in [6.45, 7) is 9.46. The number of esters is 1. The monoisotopic (exact) mass is 250 g/mol. The van der Waals surface area contributed by atoms with Gasteiger partial charge < -0.3 is 4.74 Å². The maximum Gasteiger partial charge on any atom is 0.306 e. The van der Waals surface area contributed by atoms with Crippen molar-refractivity contribution in [2.75, 3.05) is 0 Å². The Bertz CT molecular complexity index is 387. The molecule has 0 amide bonds. The molecule has 102 valence electrons. The Hall–Kier alpha value is -0.530. The number of carbonyl (C=O) groups is 1. The minimum atomic E-state index is -0.171. The first-order chi connectivity index (χ1) is 8.28. The fourth-order valence-corrected chi connectivity index (χ4v) is 5.65. The van der Waals surface area contributed by atoms with Gasteiger partial charge in [-0.05, 0) is 49.4 Å². The Balaban J connectivity index is 2.00. The lowest BCUT2D eigenvalue weighted by Crippen LogP contribution is -2.55. The Morgan fingerprint density at radius 1 is 1.06 bits per heavy atom. The van der Waals surface area contributed by atoms with E-state index in [0.29, 0.717) is 23.2 Å². The number of fused-ring (bicyclic) bond motifs is 3.